The second kappa shape index (κ2) is 21.0. The Hall–Kier alpha value is -0.0400. The molecule has 0 saturated carbocycles. The lowest BCUT2D eigenvalue weighted by Crippen LogP contribution is -1.97. The van der Waals surface area contributed by atoms with Gasteiger partial charge in [0.15, 0.2) is 0 Å². The molecule has 0 heterocycles. The number of rotatable bonds is 19. The molecule has 0 N–H and O–H groups in total. The van der Waals surface area contributed by atoms with Gasteiger partial charge in [-0.15, -0.1) is 0 Å². The largest absolute Gasteiger partial charge is 0.381 e. The molecule has 0 atom stereocenters. The lowest BCUT2D eigenvalue weighted by atomic mass is 10.0. The molecular weight excluding hydrogens is 268 g/mol. The van der Waals surface area contributed by atoms with Crippen LogP contribution in [0.15, 0.2) is 0 Å². The summed E-state index contributed by atoms with van der Waals surface area (Å²) in [6.07, 6.45) is 24.5. The summed E-state index contributed by atoms with van der Waals surface area (Å²) in [5.74, 6) is 0. The zero-order valence-corrected chi connectivity index (χ0v) is 15.7. The zero-order chi connectivity index (χ0) is 16.1. The third-order valence-corrected chi connectivity index (χ3v) is 4.42. The average molecular weight is 312 g/mol. The van der Waals surface area contributed by atoms with Crippen LogP contribution in [-0.2, 0) is 4.74 Å². The first kappa shape index (κ1) is 22.0. The summed E-state index contributed by atoms with van der Waals surface area (Å²) in [6, 6.07) is 0. The Morgan fingerprint density at radius 1 is 0.545 bits per heavy atom. The third-order valence-electron chi connectivity index (χ3n) is 4.42. The first-order chi connectivity index (χ1) is 10.9. The van der Waals surface area contributed by atoms with Gasteiger partial charge in [-0.1, -0.05) is 97.3 Å². The molecule has 0 aliphatic rings. The van der Waals surface area contributed by atoms with Gasteiger partial charge in [0, 0.05) is 13.2 Å². The van der Waals surface area contributed by atoms with Crippen molar-refractivity contribution in [3.05, 3.63) is 6.42 Å². The van der Waals surface area contributed by atoms with Crippen molar-refractivity contribution in [1.29, 1.82) is 0 Å². The van der Waals surface area contributed by atoms with E-state index in [0.717, 1.165) is 13.2 Å². The molecule has 0 unspecified atom stereocenters. The molecule has 0 saturated heterocycles. The minimum atomic E-state index is 0.947. The van der Waals surface area contributed by atoms with Crippen molar-refractivity contribution in [2.45, 2.75) is 117 Å². The molecule has 1 heteroatoms. The first-order valence-electron chi connectivity index (χ1n) is 10.3. The van der Waals surface area contributed by atoms with Crippen LogP contribution in [0.3, 0.4) is 0 Å². The van der Waals surface area contributed by atoms with Crippen LogP contribution in [0.2, 0.25) is 0 Å². The van der Waals surface area contributed by atoms with Crippen molar-refractivity contribution in [2.24, 2.45) is 0 Å². The fraction of sp³-hybridized carbons (Fsp3) is 0.952. The molecule has 0 bridgehead atoms. The van der Waals surface area contributed by atoms with E-state index >= 15 is 0 Å². The van der Waals surface area contributed by atoms with E-state index < -0.39 is 0 Å². The van der Waals surface area contributed by atoms with Crippen LogP contribution in [0.1, 0.15) is 117 Å². The quantitative estimate of drug-likeness (QED) is 0.224. The summed E-state index contributed by atoms with van der Waals surface area (Å²) in [6.45, 7) is 6.33. The predicted octanol–water partition coefficient (Wildman–Crippen LogP) is 7.49. The Bertz CT molecular complexity index is 159. The molecule has 1 nitrogen and oxygen atoms in total. The molecule has 0 amide bonds. The van der Waals surface area contributed by atoms with Gasteiger partial charge in [0.2, 0.25) is 0 Å². The van der Waals surface area contributed by atoms with Crippen molar-refractivity contribution in [3.8, 4) is 0 Å². The van der Waals surface area contributed by atoms with Crippen LogP contribution in [-0.4, -0.2) is 13.2 Å². The van der Waals surface area contributed by atoms with Gasteiger partial charge in [-0.05, 0) is 25.7 Å². The summed E-state index contributed by atoms with van der Waals surface area (Å²) in [5, 5.41) is 0. The maximum atomic E-state index is 5.62. The van der Waals surface area contributed by atoms with Gasteiger partial charge >= 0.3 is 0 Å². The van der Waals surface area contributed by atoms with Crippen LogP contribution < -0.4 is 0 Å². The minimum Gasteiger partial charge on any atom is -0.381 e. The Labute approximate surface area is 141 Å². The molecule has 22 heavy (non-hydrogen) atoms. The summed E-state index contributed by atoms with van der Waals surface area (Å²) >= 11 is 0. The van der Waals surface area contributed by atoms with Crippen LogP contribution in [0.25, 0.3) is 0 Å². The van der Waals surface area contributed by atoms with E-state index in [1.54, 1.807) is 0 Å². The van der Waals surface area contributed by atoms with E-state index in [-0.39, 0.29) is 0 Å². The van der Waals surface area contributed by atoms with Gasteiger partial charge in [-0.25, -0.2) is 0 Å². The van der Waals surface area contributed by atoms with E-state index in [2.05, 4.69) is 20.3 Å². The van der Waals surface area contributed by atoms with Crippen LogP contribution in [0, 0.1) is 6.42 Å². The summed E-state index contributed by atoms with van der Waals surface area (Å²) in [4.78, 5) is 0. The fourth-order valence-corrected chi connectivity index (χ4v) is 2.89. The lowest BCUT2D eigenvalue weighted by Gasteiger charge is -2.04. The maximum Gasteiger partial charge on any atom is 0.0466 e. The van der Waals surface area contributed by atoms with Gasteiger partial charge in [-0.3, -0.25) is 0 Å². The Kier molecular flexibility index (Phi) is 20.9. The second-order valence-corrected chi connectivity index (χ2v) is 6.76. The molecule has 1 radical (unpaired) electrons. The van der Waals surface area contributed by atoms with E-state index in [4.69, 9.17) is 4.74 Å². The van der Waals surface area contributed by atoms with Gasteiger partial charge in [0.1, 0.15) is 0 Å². The Balaban J connectivity index is 2.91. The molecule has 0 aromatic rings. The normalized spacial score (nSPS) is 11.2. The molecule has 0 aliphatic heterocycles. The SMILES string of the molecule is C[CH]CCCOCCCCCCCCCCCCCCCC. The highest BCUT2D eigenvalue weighted by atomic mass is 16.5. The van der Waals surface area contributed by atoms with Crippen molar-refractivity contribution >= 4 is 0 Å². The predicted molar refractivity (Wildman–Crippen MR) is 100 cm³/mol. The van der Waals surface area contributed by atoms with E-state index in [0.29, 0.717) is 0 Å². The molecule has 0 aliphatic carbocycles. The van der Waals surface area contributed by atoms with Crippen LogP contribution >= 0.6 is 0 Å². The Morgan fingerprint density at radius 2 is 0.955 bits per heavy atom. The molecule has 133 valence electrons. The topological polar surface area (TPSA) is 9.23 Å². The highest BCUT2D eigenvalue weighted by molar-refractivity contribution is 4.54. The molecule has 0 rings (SSSR count). The highest BCUT2D eigenvalue weighted by Crippen LogP contribution is 2.12. The molecule has 0 aromatic heterocycles. The smallest absolute Gasteiger partial charge is 0.0466 e. The maximum absolute atomic E-state index is 5.62. The van der Waals surface area contributed by atoms with Crippen LogP contribution in [0.5, 0.6) is 0 Å². The number of hydrogen-bond donors (Lipinski definition) is 0. The van der Waals surface area contributed by atoms with Crippen LogP contribution in [0.4, 0.5) is 0 Å². The van der Waals surface area contributed by atoms with E-state index in [1.165, 1.54) is 103 Å². The Morgan fingerprint density at radius 3 is 1.41 bits per heavy atom. The molecule has 0 fully saturated rings. The molecular formula is C21H43O. The number of unbranched alkanes of at least 4 members (excludes halogenated alkanes) is 15. The highest BCUT2D eigenvalue weighted by Gasteiger charge is 1.94. The lowest BCUT2D eigenvalue weighted by molar-refractivity contribution is 0.127. The average Bonchev–Trinajstić information content (AvgIpc) is 2.54. The summed E-state index contributed by atoms with van der Waals surface area (Å²) < 4.78 is 5.62. The molecule has 0 aromatic carbocycles. The summed E-state index contributed by atoms with van der Waals surface area (Å²) in [7, 11) is 0. The molecule has 0 spiro atoms. The van der Waals surface area contributed by atoms with Crippen molar-refractivity contribution in [3.63, 3.8) is 0 Å². The third kappa shape index (κ3) is 20.0. The van der Waals surface area contributed by atoms with Crippen molar-refractivity contribution in [1.82, 2.24) is 0 Å². The first-order valence-corrected chi connectivity index (χ1v) is 10.3. The van der Waals surface area contributed by atoms with E-state index in [9.17, 15) is 0 Å². The number of ether oxygens (including phenoxy) is 1. The summed E-state index contributed by atoms with van der Waals surface area (Å²) in [5.41, 5.74) is 0. The van der Waals surface area contributed by atoms with Gasteiger partial charge in [0.25, 0.3) is 0 Å². The van der Waals surface area contributed by atoms with Gasteiger partial charge in [0.05, 0.1) is 0 Å². The number of hydrogen-bond acceptors (Lipinski definition) is 1. The minimum absolute atomic E-state index is 0.947. The van der Waals surface area contributed by atoms with E-state index in [1.807, 2.05) is 0 Å². The fourth-order valence-electron chi connectivity index (χ4n) is 2.89. The monoisotopic (exact) mass is 311 g/mol. The van der Waals surface area contributed by atoms with Crippen molar-refractivity contribution in [2.75, 3.05) is 13.2 Å². The van der Waals surface area contributed by atoms with Gasteiger partial charge < -0.3 is 4.74 Å². The van der Waals surface area contributed by atoms with Crippen molar-refractivity contribution < 1.29 is 4.74 Å². The second-order valence-electron chi connectivity index (χ2n) is 6.76. The van der Waals surface area contributed by atoms with Gasteiger partial charge in [-0.2, -0.15) is 0 Å². The standard InChI is InChI=1S/C21H43O/c1-3-5-7-8-9-10-11-12-13-14-15-16-17-19-21-22-20-18-6-4-2/h4H,3,5-21H2,1-2H3. The zero-order valence-electron chi connectivity index (χ0n) is 15.7.